The van der Waals surface area contributed by atoms with E-state index in [0.717, 1.165) is 15.2 Å². The minimum Gasteiger partial charge on any atom is -0.199 e. The predicted octanol–water partition coefficient (Wildman–Crippen LogP) is 3.40. The molecule has 2 aromatic carbocycles. The Morgan fingerprint density at radius 1 is 0.909 bits per heavy atom. The molecule has 4 nitrogen and oxygen atoms in total. The topological polar surface area (TPSA) is 52.0 Å². The number of aromatic nitrogens is 2. The number of hydrogen-bond donors (Lipinski definition) is 0. The third-order valence-corrected chi connectivity index (χ3v) is 5.15. The normalized spacial score (nSPS) is 11.5. The van der Waals surface area contributed by atoms with Gasteiger partial charge >= 0.3 is 0 Å². The van der Waals surface area contributed by atoms with Gasteiger partial charge in [-0.15, -0.1) is 0 Å². The maximum Gasteiger partial charge on any atom is 0.283 e. The first kappa shape index (κ1) is 14.5. The van der Waals surface area contributed by atoms with Crippen LogP contribution in [0.1, 0.15) is 11.3 Å². The van der Waals surface area contributed by atoms with E-state index in [9.17, 15) is 8.42 Å². The smallest absolute Gasteiger partial charge is 0.199 e. The van der Waals surface area contributed by atoms with Crippen molar-refractivity contribution in [2.24, 2.45) is 0 Å². The quantitative estimate of drug-likeness (QED) is 0.745. The van der Waals surface area contributed by atoms with Gasteiger partial charge in [-0.25, -0.2) is 0 Å². The van der Waals surface area contributed by atoms with Crippen molar-refractivity contribution >= 4 is 10.0 Å². The van der Waals surface area contributed by atoms with E-state index in [1.54, 1.807) is 37.3 Å². The van der Waals surface area contributed by atoms with Gasteiger partial charge in [-0.05, 0) is 32.0 Å². The number of hydrogen-bond acceptors (Lipinski definition) is 3. The van der Waals surface area contributed by atoms with Gasteiger partial charge in [0.1, 0.15) is 0 Å². The predicted molar refractivity (Wildman–Crippen MR) is 86.2 cm³/mol. The molecule has 0 radical (unpaired) electrons. The maximum atomic E-state index is 12.7. The molecule has 1 heterocycles. The average molecular weight is 312 g/mol. The molecule has 0 saturated heterocycles. The lowest BCUT2D eigenvalue weighted by Gasteiger charge is -2.06. The first-order valence-electron chi connectivity index (χ1n) is 6.93. The van der Waals surface area contributed by atoms with E-state index in [1.165, 1.54) is 0 Å². The standard InChI is InChI=1S/C17H16N2O2S/c1-13-8-10-16(11-9-13)22(20,21)19-14(2)12-17(18-19)15-6-4-3-5-7-15/h3-12H,1-2H3. The van der Waals surface area contributed by atoms with Crippen molar-refractivity contribution in [2.45, 2.75) is 18.7 Å². The summed E-state index contributed by atoms with van der Waals surface area (Å²) in [6, 6.07) is 18.1. The summed E-state index contributed by atoms with van der Waals surface area (Å²) in [4.78, 5) is 0.240. The van der Waals surface area contributed by atoms with E-state index in [1.807, 2.05) is 37.3 Å². The molecule has 0 aliphatic carbocycles. The van der Waals surface area contributed by atoms with Gasteiger partial charge in [-0.3, -0.25) is 0 Å². The van der Waals surface area contributed by atoms with E-state index in [0.29, 0.717) is 11.4 Å². The van der Waals surface area contributed by atoms with Crippen LogP contribution in [0.25, 0.3) is 11.3 Å². The first-order chi connectivity index (χ1) is 10.5. The van der Waals surface area contributed by atoms with Gasteiger partial charge < -0.3 is 0 Å². The Kier molecular flexibility index (Phi) is 3.58. The second-order valence-corrected chi connectivity index (χ2v) is 6.97. The van der Waals surface area contributed by atoms with Crippen molar-refractivity contribution in [1.29, 1.82) is 0 Å². The van der Waals surface area contributed by atoms with Gasteiger partial charge in [0.05, 0.1) is 16.3 Å². The largest absolute Gasteiger partial charge is 0.283 e. The van der Waals surface area contributed by atoms with Crippen LogP contribution in [0.4, 0.5) is 0 Å². The van der Waals surface area contributed by atoms with Crippen LogP contribution in [0.2, 0.25) is 0 Å². The Morgan fingerprint density at radius 3 is 2.18 bits per heavy atom. The van der Waals surface area contributed by atoms with Gasteiger partial charge in [0.2, 0.25) is 0 Å². The third kappa shape index (κ3) is 2.55. The van der Waals surface area contributed by atoms with Crippen LogP contribution in [-0.4, -0.2) is 17.6 Å². The molecule has 0 aliphatic heterocycles. The molecule has 0 amide bonds. The molecule has 0 unspecified atom stereocenters. The molecule has 0 saturated carbocycles. The van der Waals surface area contributed by atoms with Gasteiger partial charge in [0, 0.05) is 5.56 Å². The SMILES string of the molecule is Cc1ccc(S(=O)(=O)n2nc(-c3ccccc3)cc2C)cc1. The summed E-state index contributed by atoms with van der Waals surface area (Å²) in [6.07, 6.45) is 0. The molecule has 5 heteroatoms. The summed E-state index contributed by atoms with van der Waals surface area (Å²) in [7, 11) is -3.67. The Labute approximate surface area is 130 Å². The van der Waals surface area contributed by atoms with E-state index < -0.39 is 10.0 Å². The lowest BCUT2D eigenvalue weighted by atomic mass is 10.1. The number of aryl methyl sites for hydroxylation is 2. The van der Waals surface area contributed by atoms with Crippen LogP contribution in [0.3, 0.4) is 0 Å². The van der Waals surface area contributed by atoms with Crippen molar-refractivity contribution in [3.63, 3.8) is 0 Å². The van der Waals surface area contributed by atoms with Gasteiger partial charge in [-0.2, -0.15) is 17.6 Å². The Hall–Kier alpha value is -2.40. The second kappa shape index (κ2) is 5.42. The van der Waals surface area contributed by atoms with Crippen LogP contribution < -0.4 is 0 Å². The van der Waals surface area contributed by atoms with Crippen LogP contribution in [0, 0.1) is 13.8 Å². The van der Waals surface area contributed by atoms with Crippen LogP contribution >= 0.6 is 0 Å². The molecule has 0 aliphatic rings. The molecular weight excluding hydrogens is 296 g/mol. The van der Waals surface area contributed by atoms with E-state index in [-0.39, 0.29) is 4.90 Å². The maximum absolute atomic E-state index is 12.7. The molecule has 22 heavy (non-hydrogen) atoms. The van der Waals surface area contributed by atoms with Crippen LogP contribution in [0.5, 0.6) is 0 Å². The highest BCUT2D eigenvalue weighted by Crippen LogP contribution is 2.22. The average Bonchev–Trinajstić information content (AvgIpc) is 2.91. The summed E-state index contributed by atoms with van der Waals surface area (Å²) in [5, 5.41) is 4.28. The van der Waals surface area contributed by atoms with Crippen molar-refractivity contribution in [2.75, 3.05) is 0 Å². The fourth-order valence-electron chi connectivity index (χ4n) is 2.26. The second-order valence-electron chi connectivity index (χ2n) is 5.20. The Morgan fingerprint density at radius 2 is 1.55 bits per heavy atom. The minimum absolute atomic E-state index is 0.240. The Balaban J connectivity index is 2.09. The minimum atomic E-state index is -3.67. The van der Waals surface area contributed by atoms with E-state index in [2.05, 4.69) is 5.10 Å². The first-order valence-corrected chi connectivity index (χ1v) is 8.37. The van der Waals surface area contributed by atoms with Crippen molar-refractivity contribution in [3.8, 4) is 11.3 Å². The van der Waals surface area contributed by atoms with Gasteiger partial charge in [0.15, 0.2) is 0 Å². The number of nitrogens with zero attached hydrogens (tertiary/aromatic N) is 2. The molecular formula is C17H16N2O2S. The van der Waals surface area contributed by atoms with E-state index in [4.69, 9.17) is 0 Å². The Bertz CT molecular complexity index is 896. The summed E-state index contributed by atoms with van der Waals surface area (Å²) in [6.45, 7) is 3.66. The zero-order chi connectivity index (χ0) is 15.7. The van der Waals surface area contributed by atoms with Crippen LogP contribution in [-0.2, 0) is 10.0 Å². The zero-order valence-electron chi connectivity index (χ0n) is 12.4. The summed E-state index contributed by atoms with van der Waals surface area (Å²) in [5.41, 5.74) is 3.14. The molecule has 0 N–H and O–H groups in total. The highest BCUT2D eigenvalue weighted by atomic mass is 32.2. The number of benzene rings is 2. The van der Waals surface area contributed by atoms with Gasteiger partial charge in [-0.1, -0.05) is 48.0 Å². The lowest BCUT2D eigenvalue weighted by molar-refractivity contribution is 0.578. The molecule has 0 fully saturated rings. The summed E-state index contributed by atoms with van der Waals surface area (Å²) >= 11 is 0. The van der Waals surface area contributed by atoms with Gasteiger partial charge in [0.25, 0.3) is 10.0 Å². The highest BCUT2D eigenvalue weighted by Gasteiger charge is 2.21. The van der Waals surface area contributed by atoms with Crippen molar-refractivity contribution < 1.29 is 8.42 Å². The van der Waals surface area contributed by atoms with Crippen LogP contribution in [0.15, 0.2) is 65.6 Å². The van der Waals surface area contributed by atoms with E-state index >= 15 is 0 Å². The molecule has 0 bridgehead atoms. The molecule has 0 spiro atoms. The monoisotopic (exact) mass is 312 g/mol. The molecule has 0 atom stereocenters. The van der Waals surface area contributed by atoms with Crippen molar-refractivity contribution in [3.05, 3.63) is 71.9 Å². The fourth-order valence-corrected chi connectivity index (χ4v) is 3.57. The molecule has 3 rings (SSSR count). The molecule has 112 valence electrons. The zero-order valence-corrected chi connectivity index (χ0v) is 13.2. The lowest BCUT2D eigenvalue weighted by Crippen LogP contribution is -2.16. The highest BCUT2D eigenvalue weighted by molar-refractivity contribution is 7.89. The summed E-state index contributed by atoms with van der Waals surface area (Å²) in [5.74, 6) is 0. The molecule has 3 aromatic rings. The summed E-state index contributed by atoms with van der Waals surface area (Å²) < 4.78 is 26.5. The molecule has 1 aromatic heterocycles. The van der Waals surface area contributed by atoms with Crippen molar-refractivity contribution in [1.82, 2.24) is 9.19 Å². The fraction of sp³-hybridized carbons (Fsp3) is 0.118. The third-order valence-electron chi connectivity index (χ3n) is 3.46. The number of rotatable bonds is 3.